The molecule has 0 radical (unpaired) electrons. The van der Waals surface area contributed by atoms with Crippen LogP contribution in [0.2, 0.25) is 0 Å². The highest BCUT2D eigenvalue weighted by molar-refractivity contribution is 5.70. The Labute approximate surface area is 114 Å². The molecule has 100 valence electrons. The number of para-hydroxylation sites is 1. The van der Waals surface area contributed by atoms with E-state index in [9.17, 15) is 0 Å². The van der Waals surface area contributed by atoms with E-state index in [1.54, 1.807) is 7.11 Å². The van der Waals surface area contributed by atoms with Crippen LogP contribution in [-0.2, 0) is 13.0 Å². The maximum absolute atomic E-state index is 6.02. The normalized spacial score (nSPS) is 10.2. The number of hydrogen-bond acceptors (Lipinski definition) is 3. The molecule has 0 saturated carbocycles. The Balaban J connectivity index is 2.09. The fraction of sp³-hybridized carbons (Fsp3) is 0.250. The van der Waals surface area contributed by atoms with E-state index in [2.05, 4.69) is 30.4 Å². The van der Waals surface area contributed by atoms with Crippen molar-refractivity contribution in [2.45, 2.75) is 19.9 Å². The molecule has 0 heterocycles. The molecule has 2 aromatic rings. The van der Waals surface area contributed by atoms with E-state index in [1.807, 2.05) is 24.3 Å². The predicted molar refractivity (Wildman–Crippen MR) is 80.6 cm³/mol. The van der Waals surface area contributed by atoms with Crippen LogP contribution in [0.4, 0.5) is 11.4 Å². The lowest BCUT2D eigenvalue weighted by molar-refractivity contribution is 0.414. The number of nitrogens with two attached hydrogens (primary N) is 1. The summed E-state index contributed by atoms with van der Waals surface area (Å²) >= 11 is 0. The zero-order chi connectivity index (χ0) is 13.7. The van der Waals surface area contributed by atoms with Gasteiger partial charge in [0.2, 0.25) is 0 Å². The molecule has 0 bridgehead atoms. The number of hydrogen-bond donors (Lipinski definition) is 2. The molecule has 19 heavy (non-hydrogen) atoms. The highest BCUT2D eigenvalue weighted by Gasteiger charge is 2.04. The molecule has 0 unspecified atom stereocenters. The molecule has 0 spiro atoms. The van der Waals surface area contributed by atoms with Crippen molar-refractivity contribution < 1.29 is 4.74 Å². The molecule has 2 aromatic carbocycles. The Morgan fingerprint density at radius 2 is 1.84 bits per heavy atom. The largest absolute Gasteiger partial charge is 0.497 e. The molecular weight excluding hydrogens is 236 g/mol. The van der Waals surface area contributed by atoms with Gasteiger partial charge in [0.25, 0.3) is 0 Å². The summed E-state index contributed by atoms with van der Waals surface area (Å²) in [6, 6.07) is 14.1. The number of anilines is 2. The SMILES string of the molecule is CCc1cccc(N)c1NCc1ccc(OC)cc1. The van der Waals surface area contributed by atoms with Crippen molar-refractivity contribution in [2.75, 3.05) is 18.2 Å². The fourth-order valence-corrected chi connectivity index (χ4v) is 2.06. The van der Waals surface area contributed by atoms with Gasteiger partial charge in [-0.2, -0.15) is 0 Å². The van der Waals surface area contributed by atoms with Crippen LogP contribution in [0.25, 0.3) is 0 Å². The molecule has 3 nitrogen and oxygen atoms in total. The summed E-state index contributed by atoms with van der Waals surface area (Å²) < 4.78 is 5.15. The van der Waals surface area contributed by atoms with Gasteiger partial charge in [0.15, 0.2) is 0 Å². The monoisotopic (exact) mass is 256 g/mol. The Morgan fingerprint density at radius 1 is 1.11 bits per heavy atom. The van der Waals surface area contributed by atoms with Gasteiger partial charge in [-0.15, -0.1) is 0 Å². The lowest BCUT2D eigenvalue weighted by Gasteiger charge is -2.13. The van der Waals surface area contributed by atoms with Crippen LogP contribution in [0.15, 0.2) is 42.5 Å². The summed E-state index contributed by atoms with van der Waals surface area (Å²) in [5.74, 6) is 0.872. The first kappa shape index (κ1) is 13.3. The van der Waals surface area contributed by atoms with E-state index in [-0.39, 0.29) is 0 Å². The summed E-state index contributed by atoms with van der Waals surface area (Å²) in [4.78, 5) is 0. The molecular formula is C16H20N2O. The van der Waals surface area contributed by atoms with Gasteiger partial charge in [0, 0.05) is 6.54 Å². The molecule has 2 rings (SSSR count). The van der Waals surface area contributed by atoms with Gasteiger partial charge in [-0.25, -0.2) is 0 Å². The van der Waals surface area contributed by atoms with Gasteiger partial charge in [0.1, 0.15) is 5.75 Å². The minimum atomic E-state index is 0.755. The second-order valence-electron chi connectivity index (χ2n) is 4.44. The van der Waals surface area contributed by atoms with Gasteiger partial charge in [-0.05, 0) is 35.7 Å². The van der Waals surface area contributed by atoms with Crippen LogP contribution in [-0.4, -0.2) is 7.11 Å². The number of methoxy groups -OCH3 is 1. The van der Waals surface area contributed by atoms with Gasteiger partial charge >= 0.3 is 0 Å². The molecule has 3 N–H and O–H groups in total. The molecule has 3 heteroatoms. The Morgan fingerprint density at radius 3 is 2.47 bits per heavy atom. The second kappa shape index (κ2) is 6.14. The van der Waals surface area contributed by atoms with E-state index in [4.69, 9.17) is 10.5 Å². The molecule has 0 aromatic heterocycles. The van der Waals surface area contributed by atoms with Crippen LogP contribution >= 0.6 is 0 Å². The van der Waals surface area contributed by atoms with Crippen LogP contribution in [0, 0.1) is 0 Å². The van der Waals surface area contributed by atoms with E-state index in [0.29, 0.717) is 0 Å². The van der Waals surface area contributed by atoms with Crippen LogP contribution in [0.1, 0.15) is 18.1 Å². The van der Waals surface area contributed by atoms with Crippen molar-refractivity contribution in [3.63, 3.8) is 0 Å². The van der Waals surface area contributed by atoms with Crippen LogP contribution in [0.5, 0.6) is 5.75 Å². The molecule has 0 atom stereocenters. The van der Waals surface area contributed by atoms with Crippen molar-refractivity contribution in [2.24, 2.45) is 0 Å². The summed E-state index contributed by atoms with van der Waals surface area (Å²) in [5, 5.41) is 3.42. The second-order valence-corrected chi connectivity index (χ2v) is 4.44. The fourth-order valence-electron chi connectivity index (χ4n) is 2.06. The lowest BCUT2D eigenvalue weighted by Crippen LogP contribution is -2.05. The van der Waals surface area contributed by atoms with Gasteiger partial charge in [0.05, 0.1) is 18.5 Å². The Bertz CT molecular complexity index is 535. The predicted octanol–water partition coefficient (Wildman–Crippen LogP) is 3.45. The zero-order valence-electron chi connectivity index (χ0n) is 11.4. The quantitative estimate of drug-likeness (QED) is 0.805. The van der Waals surface area contributed by atoms with Crippen molar-refractivity contribution >= 4 is 11.4 Å². The highest BCUT2D eigenvalue weighted by Crippen LogP contribution is 2.24. The molecule has 0 aliphatic rings. The average molecular weight is 256 g/mol. The third kappa shape index (κ3) is 3.19. The number of aryl methyl sites for hydroxylation is 1. The van der Waals surface area contributed by atoms with Gasteiger partial charge < -0.3 is 15.8 Å². The summed E-state index contributed by atoms with van der Waals surface area (Å²) in [7, 11) is 1.67. The van der Waals surface area contributed by atoms with Crippen LogP contribution in [0.3, 0.4) is 0 Å². The first-order chi connectivity index (χ1) is 9.24. The topological polar surface area (TPSA) is 47.3 Å². The third-order valence-electron chi connectivity index (χ3n) is 3.19. The number of benzene rings is 2. The number of ether oxygens (including phenoxy) is 1. The van der Waals surface area contributed by atoms with Crippen molar-refractivity contribution in [1.29, 1.82) is 0 Å². The van der Waals surface area contributed by atoms with Crippen molar-refractivity contribution in [3.05, 3.63) is 53.6 Å². The summed E-state index contributed by atoms with van der Waals surface area (Å²) in [6.45, 7) is 2.89. The molecule has 0 fully saturated rings. The molecule has 0 aliphatic carbocycles. The minimum absolute atomic E-state index is 0.755. The van der Waals surface area contributed by atoms with E-state index < -0.39 is 0 Å². The van der Waals surface area contributed by atoms with Crippen LogP contribution < -0.4 is 15.8 Å². The van der Waals surface area contributed by atoms with E-state index >= 15 is 0 Å². The molecule has 0 amide bonds. The highest BCUT2D eigenvalue weighted by atomic mass is 16.5. The number of nitrogens with one attached hydrogen (secondary N) is 1. The molecule has 0 aliphatic heterocycles. The minimum Gasteiger partial charge on any atom is -0.497 e. The standard InChI is InChI=1S/C16H20N2O/c1-3-13-5-4-6-15(17)16(13)18-11-12-7-9-14(19-2)10-8-12/h4-10,18H,3,11,17H2,1-2H3. The molecule has 0 saturated heterocycles. The van der Waals surface area contributed by atoms with Crippen molar-refractivity contribution in [1.82, 2.24) is 0 Å². The first-order valence-corrected chi connectivity index (χ1v) is 6.48. The first-order valence-electron chi connectivity index (χ1n) is 6.48. The summed E-state index contributed by atoms with van der Waals surface area (Å²) in [5.41, 5.74) is 10.3. The Hall–Kier alpha value is -2.16. The lowest BCUT2D eigenvalue weighted by atomic mass is 10.1. The Kier molecular flexibility index (Phi) is 4.29. The zero-order valence-corrected chi connectivity index (χ0v) is 11.4. The number of rotatable bonds is 5. The maximum atomic E-state index is 6.02. The summed E-state index contributed by atoms with van der Waals surface area (Å²) in [6.07, 6.45) is 0.968. The van der Waals surface area contributed by atoms with Crippen molar-refractivity contribution in [3.8, 4) is 5.75 Å². The maximum Gasteiger partial charge on any atom is 0.118 e. The van der Waals surface area contributed by atoms with Gasteiger partial charge in [-0.1, -0.05) is 31.2 Å². The number of nitrogen functional groups attached to an aromatic ring is 1. The van der Waals surface area contributed by atoms with E-state index in [0.717, 1.165) is 30.1 Å². The smallest absolute Gasteiger partial charge is 0.118 e. The van der Waals surface area contributed by atoms with Gasteiger partial charge in [-0.3, -0.25) is 0 Å². The van der Waals surface area contributed by atoms with E-state index in [1.165, 1.54) is 11.1 Å². The average Bonchev–Trinajstić information content (AvgIpc) is 2.46. The third-order valence-corrected chi connectivity index (χ3v) is 3.19.